The highest BCUT2D eigenvalue weighted by atomic mass is 16.5. The van der Waals surface area contributed by atoms with E-state index in [0.29, 0.717) is 32.8 Å². The molecule has 0 aliphatic rings. The van der Waals surface area contributed by atoms with E-state index in [9.17, 15) is 4.79 Å². The van der Waals surface area contributed by atoms with Crippen molar-refractivity contribution in [3.8, 4) is 5.75 Å². The normalized spacial score (nSPS) is 10.1. The molecule has 0 unspecified atom stereocenters. The van der Waals surface area contributed by atoms with E-state index < -0.39 is 0 Å². The Labute approximate surface area is 95.3 Å². The monoisotopic (exact) mass is 223 g/mol. The van der Waals surface area contributed by atoms with E-state index in [1.807, 2.05) is 24.3 Å². The van der Waals surface area contributed by atoms with Crippen LogP contribution in [-0.2, 0) is 16.1 Å². The molecule has 0 spiro atoms. The predicted molar refractivity (Wildman–Crippen MR) is 61.3 cm³/mol. The highest BCUT2D eigenvalue weighted by Gasteiger charge is 1.97. The number of carbonyl (C=O) groups is 1. The quantitative estimate of drug-likeness (QED) is 0.530. The number of carbonyl (C=O) groups excluding carboxylic acids is 1. The second kappa shape index (κ2) is 7.84. The second-order valence-corrected chi connectivity index (χ2v) is 3.29. The van der Waals surface area contributed by atoms with Crippen LogP contribution in [0, 0.1) is 0 Å². The second-order valence-electron chi connectivity index (χ2n) is 3.29. The third-order valence-corrected chi connectivity index (χ3v) is 1.93. The third-order valence-electron chi connectivity index (χ3n) is 1.93. The molecule has 0 bridgehead atoms. The van der Waals surface area contributed by atoms with Gasteiger partial charge < -0.3 is 20.0 Å². The van der Waals surface area contributed by atoms with Gasteiger partial charge in [0.2, 0.25) is 0 Å². The number of nitrogens with two attached hydrogens (primary N) is 1. The van der Waals surface area contributed by atoms with E-state index in [0.717, 1.165) is 17.6 Å². The first-order valence-corrected chi connectivity index (χ1v) is 5.30. The summed E-state index contributed by atoms with van der Waals surface area (Å²) in [6.45, 7) is 1.96. The molecule has 0 radical (unpaired) electrons. The van der Waals surface area contributed by atoms with Crippen LogP contribution >= 0.6 is 0 Å². The van der Waals surface area contributed by atoms with Crippen LogP contribution in [-0.4, -0.2) is 26.0 Å². The molecule has 88 valence electrons. The Balaban J connectivity index is 2.37. The molecule has 4 heteroatoms. The molecule has 1 aromatic carbocycles. The minimum Gasteiger partial charge on any atom is -0.492 e. The van der Waals surface area contributed by atoms with Crippen molar-refractivity contribution in [2.45, 2.75) is 13.0 Å². The van der Waals surface area contributed by atoms with Crippen LogP contribution in [0.4, 0.5) is 0 Å². The maximum Gasteiger partial charge on any atom is 0.122 e. The summed E-state index contributed by atoms with van der Waals surface area (Å²) < 4.78 is 10.7. The van der Waals surface area contributed by atoms with Gasteiger partial charge in [0.25, 0.3) is 0 Å². The summed E-state index contributed by atoms with van der Waals surface area (Å²) in [7, 11) is 0. The highest BCUT2D eigenvalue weighted by Crippen LogP contribution is 2.13. The number of rotatable bonds is 8. The van der Waals surface area contributed by atoms with Crippen molar-refractivity contribution >= 4 is 6.29 Å². The van der Waals surface area contributed by atoms with Gasteiger partial charge in [-0.25, -0.2) is 0 Å². The summed E-state index contributed by atoms with van der Waals surface area (Å²) in [6, 6.07) is 7.65. The fourth-order valence-electron chi connectivity index (χ4n) is 1.22. The number of hydrogen-bond acceptors (Lipinski definition) is 4. The Bertz CT molecular complexity index is 315. The van der Waals surface area contributed by atoms with E-state index in [4.69, 9.17) is 15.2 Å². The number of aldehydes is 1. The van der Waals surface area contributed by atoms with E-state index in [1.165, 1.54) is 0 Å². The van der Waals surface area contributed by atoms with Gasteiger partial charge in [0.1, 0.15) is 18.6 Å². The molecule has 4 nitrogen and oxygen atoms in total. The Hall–Kier alpha value is -1.39. The molecule has 1 aromatic rings. The lowest BCUT2D eigenvalue weighted by Crippen LogP contribution is -2.10. The summed E-state index contributed by atoms with van der Waals surface area (Å²) in [6.07, 6.45) is 1.28. The minimum atomic E-state index is 0.434. The Morgan fingerprint density at radius 2 is 2.19 bits per heavy atom. The fraction of sp³-hybridized carbons (Fsp3) is 0.417. The maximum absolute atomic E-state index is 10.1. The first kappa shape index (κ1) is 12.7. The fourth-order valence-corrected chi connectivity index (χ4v) is 1.22. The predicted octanol–water partition coefficient (Wildman–Crippen LogP) is 1.13. The molecule has 0 fully saturated rings. The lowest BCUT2D eigenvalue weighted by atomic mass is 10.2. The van der Waals surface area contributed by atoms with Crippen molar-refractivity contribution in [3.63, 3.8) is 0 Å². The topological polar surface area (TPSA) is 61.6 Å². The number of ether oxygens (including phenoxy) is 2. The number of hydrogen-bond donors (Lipinski definition) is 1. The zero-order valence-corrected chi connectivity index (χ0v) is 9.22. The van der Waals surface area contributed by atoms with Gasteiger partial charge in [0.15, 0.2) is 0 Å². The minimum absolute atomic E-state index is 0.434. The average molecular weight is 223 g/mol. The standard InChI is InChI=1S/C12H17NO3/c13-5-8-16-12-4-1-3-11(9-12)10-15-7-2-6-14/h1,3-4,6,9H,2,5,7-8,10,13H2. The van der Waals surface area contributed by atoms with Crippen molar-refractivity contribution in [3.05, 3.63) is 29.8 Å². The maximum atomic E-state index is 10.1. The van der Waals surface area contributed by atoms with E-state index in [-0.39, 0.29) is 0 Å². The van der Waals surface area contributed by atoms with Crippen LogP contribution < -0.4 is 10.5 Å². The van der Waals surface area contributed by atoms with Crippen LogP contribution in [0.1, 0.15) is 12.0 Å². The van der Waals surface area contributed by atoms with E-state index >= 15 is 0 Å². The zero-order chi connectivity index (χ0) is 11.6. The largest absolute Gasteiger partial charge is 0.492 e. The molecule has 0 aliphatic carbocycles. The molecule has 2 N–H and O–H groups in total. The van der Waals surface area contributed by atoms with Gasteiger partial charge in [-0.05, 0) is 17.7 Å². The molecule has 0 aromatic heterocycles. The zero-order valence-electron chi connectivity index (χ0n) is 9.22. The van der Waals surface area contributed by atoms with Crippen molar-refractivity contribution in [1.29, 1.82) is 0 Å². The van der Waals surface area contributed by atoms with Gasteiger partial charge >= 0.3 is 0 Å². The molecule has 0 heterocycles. The molecule has 1 rings (SSSR count). The van der Waals surface area contributed by atoms with E-state index in [2.05, 4.69) is 0 Å². The first-order valence-electron chi connectivity index (χ1n) is 5.30. The Morgan fingerprint density at radius 3 is 2.94 bits per heavy atom. The summed E-state index contributed by atoms with van der Waals surface area (Å²) in [5, 5.41) is 0. The molecule has 16 heavy (non-hydrogen) atoms. The van der Waals surface area contributed by atoms with Gasteiger partial charge in [0.05, 0.1) is 13.2 Å². The van der Waals surface area contributed by atoms with Crippen molar-refractivity contribution in [2.75, 3.05) is 19.8 Å². The van der Waals surface area contributed by atoms with Crippen LogP contribution in [0.25, 0.3) is 0 Å². The van der Waals surface area contributed by atoms with Crippen LogP contribution in [0.5, 0.6) is 5.75 Å². The highest BCUT2D eigenvalue weighted by molar-refractivity contribution is 5.49. The van der Waals surface area contributed by atoms with Crippen LogP contribution in [0.3, 0.4) is 0 Å². The van der Waals surface area contributed by atoms with Gasteiger partial charge in [0, 0.05) is 13.0 Å². The van der Waals surface area contributed by atoms with Gasteiger partial charge in [-0.2, -0.15) is 0 Å². The molecule has 0 amide bonds. The van der Waals surface area contributed by atoms with Crippen LogP contribution in [0.15, 0.2) is 24.3 Å². The van der Waals surface area contributed by atoms with Crippen molar-refractivity contribution < 1.29 is 14.3 Å². The first-order chi connectivity index (χ1) is 7.86. The summed E-state index contributed by atoms with van der Waals surface area (Å²) in [5.74, 6) is 0.793. The third kappa shape index (κ3) is 4.91. The molecule has 0 saturated carbocycles. The molecular weight excluding hydrogens is 206 g/mol. The van der Waals surface area contributed by atoms with Gasteiger partial charge in [-0.3, -0.25) is 0 Å². The average Bonchev–Trinajstić information content (AvgIpc) is 2.33. The van der Waals surface area contributed by atoms with Crippen LogP contribution in [0.2, 0.25) is 0 Å². The Morgan fingerprint density at radius 1 is 1.31 bits per heavy atom. The lowest BCUT2D eigenvalue weighted by Gasteiger charge is -2.07. The van der Waals surface area contributed by atoms with Crippen molar-refractivity contribution in [1.82, 2.24) is 0 Å². The molecule has 0 atom stereocenters. The molecule has 0 aliphatic heterocycles. The molecule has 0 saturated heterocycles. The number of benzene rings is 1. The van der Waals surface area contributed by atoms with Gasteiger partial charge in [-0.15, -0.1) is 0 Å². The summed E-state index contributed by atoms with van der Waals surface area (Å²) >= 11 is 0. The van der Waals surface area contributed by atoms with Gasteiger partial charge in [-0.1, -0.05) is 12.1 Å². The lowest BCUT2D eigenvalue weighted by molar-refractivity contribution is -0.108. The SMILES string of the molecule is NCCOc1cccc(COCCC=O)c1. The summed E-state index contributed by atoms with van der Waals surface area (Å²) in [4.78, 5) is 10.1. The smallest absolute Gasteiger partial charge is 0.122 e. The van der Waals surface area contributed by atoms with Crippen molar-refractivity contribution in [2.24, 2.45) is 5.73 Å². The summed E-state index contributed by atoms with van der Waals surface area (Å²) in [5.41, 5.74) is 6.37. The van der Waals surface area contributed by atoms with E-state index in [1.54, 1.807) is 0 Å². The Kier molecular flexibility index (Phi) is 6.22. The molecular formula is C12H17NO3.